The monoisotopic (exact) mass is 305 g/mol. The summed E-state index contributed by atoms with van der Waals surface area (Å²) >= 11 is 4.96. The minimum atomic E-state index is -5.11. The first kappa shape index (κ1) is 2.25. The molecule has 0 atom stereocenters. The molecule has 0 aromatic rings. The third-order valence-corrected chi connectivity index (χ3v) is 1.01. The Labute approximate surface area is 162 Å². The summed E-state index contributed by atoms with van der Waals surface area (Å²) in [4.78, 5) is 11.5. The van der Waals surface area contributed by atoms with Gasteiger partial charge in [-0.05, 0) is 18.0 Å². The molecule has 0 N–H and O–H groups in total. The summed E-state index contributed by atoms with van der Waals surface area (Å²) in [6.07, 6.45) is -67.7. The molecule has 0 heterocycles. The van der Waals surface area contributed by atoms with Crippen molar-refractivity contribution in [3.63, 3.8) is 0 Å². The summed E-state index contributed by atoms with van der Waals surface area (Å²) in [7, 11) is 0. The lowest BCUT2D eigenvalue weighted by atomic mass is 10.0. The Bertz CT molecular complexity index is 1250. The van der Waals surface area contributed by atoms with Gasteiger partial charge >= 0.3 is 0 Å². The lowest BCUT2D eigenvalue weighted by molar-refractivity contribution is -0.111. The van der Waals surface area contributed by atoms with E-state index in [1.807, 2.05) is 0 Å². The van der Waals surface area contributed by atoms with E-state index in [-0.39, 0.29) is 0 Å². The smallest absolute Gasteiger partial charge is 0.221 e. The van der Waals surface area contributed by atoms with Gasteiger partial charge in [0.15, 0.2) is 0 Å². The van der Waals surface area contributed by atoms with Crippen molar-refractivity contribution in [2.45, 2.75) is 96.1 Å². The van der Waals surface area contributed by atoms with Crippen LogP contribution in [0.1, 0.15) is 139 Å². The SMILES string of the molecule is [2H]C([2H])([2H])C([2H])([2H])C([2H])([2H])C([2H])([2H])C([2H])([2H])C([2H])([2H])C([2H])([2H])C([2H])([2H])C([2H])([2H])C([2H])([2H])C([2H])([2H])C([2H])([2H])C([2H])([2H])C([2H])([2H])C([2H])([2H])C(=O)Cl. The first-order chi connectivity index (χ1) is 20.4. The lowest BCUT2D eigenvalue weighted by Crippen LogP contribution is -1.86. The van der Waals surface area contributed by atoms with Crippen molar-refractivity contribution in [3.8, 4) is 0 Å². The number of rotatable bonds is 14. The van der Waals surface area contributed by atoms with Crippen LogP contribution in [0.4, 0.5) is 0 Å². The maximum Gasteiger partial charge on any atom is 0.221 e. The molecule has 0 radical (unpaired) electrons. The number of hydrogen-bond donors (Lipinski definition) is 0. The minimum Gasteiger partial charge on any atom is -0.281 e. The van der Waals surface area contributed by atoms with Gasteiger partial charge in [0.2, 0.25) is 5.24 Å². The zero-order chi connectivity index (χ0) is 41.1. The average molecular weight is 306 g/mol. The van der Waals surface area contributed by atoms with Gasteiger partial charge in [-0.1, -0.05) is 83.3 Å². The molecule has 0 aromatic carbocycles. The van der Waals surface area contributed by atoms with E-state index in [9.17, 15) is 4.79 Å². The Kier molecular flexibility index (Phi) is 1.87. The van der Waals surface area contributed by atoms with Gasteiger partial charge in [-0.2, -0.15) is 0 Å². The van der Waals surface area contributed by atoms with E-state index >= 15 is 0 Å². The van der Waals surface area contributed by atoms with E-state index in [0.29, 0.717) is 0 Å². The standard InChI is InChI=1S/C16H31ClO/c1-2-3-4-5-6-7-8-9-10-11-12-13-14-15-16(17)18/h2-15H2,1H3/i1D3,2D2,3D2,4D2,5D2,6D2,7D2,8D2,9D2,10D2,11D2,12D2,13D2,14D2,15D2. The van der Waals surface area contributed by atoms with Crippen molar-refractivity contribution in [2.75, 3.05) is 0 Å². The van der Waals surface area contributed by atoms with E-state index in [4.69, 9.17) is 54.1 Å². The molecule has 0 fully saturated rings. The Hall–Kier alpha value is -0.0400. The van der Waals surface area contributed by atoms with Gasteiger partial charge in [0, 0.05) is 48.9 Å². The number of halogens is 1. The first-order valence-electron chi connectivity index (χ1n) is 19.6. The summed E-state index contributed by atoms with van der Waals surface area (Å²) in [6.45, 7) is -4.10. The van der Waals surface area contributed by atoms with Gasteiger partial charge in [-0.15, -0.1) is 0 Å². The molecule has 0 rings (SSSR count). The van der Waals surface area contributed by atoms with Crippen molar-refractivity contribution in [1.29, 1.82) is 0 Å². The highest BCUT2D eigenvalue weighted by atomic mass is 35.5. The Morgan fingerprint density at radius 3 is 1.61 bits per heavy atom. The van der Waals surface area contributed by atoms with Crippen LogP contribution in [0.15, 0.2) is 0 Å². The van der Waals surface area contributed by atoms with Crippen molar-refractivity contribution in [2.24, 2.45) is 0 Å². The van der Waals surface area contributed by atoms with Crippen molar-refractivity contribution in [1.82, 2.24) is 0 Å². The lowest BCUT2D eigenvalue weighted by Gasteiger charge is -2.02. The van der Waals surface area contributed by atoms with Gasteiger partial charge in [-0.3, -0.25) is 4.79 Å². The van der Waals surface area contributed by atoms with E-state index in [2.05, 4.69) is 0 Å². The van der Waals surface area contributed by atoms with Crippen LogP contribution in [0.25, 0.3) is 0 Å². The van der Waals surface area contributed by atoms with Gasteiger partial charge in [-0.25, -0.2) is 0 Å². The van der Waals surface area contributed by atoms with Gasteiger partial charge in [0.1, 0.15) is 0 Å². The highest BCUT2D eigenvalue weighted by Gasteiger charge is 1.96. The molecular formula is C16H31ClO. The second-order valence-corrected chi connectivity index (χ2v) is 2.37. The average Bonchev–Trinajstić information content (AvgIpc) is 2.86. The molecule has 0 bridgehead atoms. The van der Waals surface area contributed by atoms with E-state index < -0.39 is 101 Å². The maximum absolute atomic E-state index is 11.5. The molecule has 0 saturated heterocycles. The Morgan fingerprint density at radius 2 is 1.22 bits per heavy atom. The first-order valence-corrected chi connectivity index (χ1v) is 4.52. The summed E-state index contributed by atoms with van der Waals surface area (Å²) in [6, 6.07) is 0. The summed E-state index contributed by atoms with van der Waals surface area (Å²) in [5.41, 5.74) is 0. The predicted octanol–water partition coefficient (Wildman–Crippen LogP) is 6.23. The minimum absolute atomic E-state index is 2.30. The molecule has 0 saturated carbocycles. The van der Waals surface area contributed by atoms with Gasteiger partial charge < -0.3 is 0 Å². The molecule has 1 nitrogen and oxygen atoms in total. The van der Waals surface area contributed by atoms with Crippen LogP contribution in [0.2, 0.25) is 0 Å². The van der Waals surface area contributed by atoms with E-state index in [0.717, 1.165) is 0 Å². The molecule has 0 aromatic heterocycles. The molecule has 0 spiro atoms. The quantitative estimate of drug-likeness (QED) is 0.347. The highest BCUT2D eigenvalue weighted by molar-refractivity contribution is 6.63. The van der Waals surface area contributed by atoms with Crippen molar-refractivity contribution >= 4 is 16.8 Å². The Morgan fingerprint density at radius 1 is 0.833 bits per heavy atom. The van der Waals surface area contributed by atoms with E-state index in [1.165, 1.54) is 0 Å². The molecule has 2 heteroatoms. The Balaban J connectivity index is 7.68. The second-order valence-electron chi connectivity index (χ2n) is 2.02. The second kappa shape index (κ2) is 15.0. The molecule has 0 aliphatic heterocycles. The molecule has 0 aliphatic carbocycles. The van der Waals surface area contributed by atoms with Crippen LogP contribution in [0.3, 0.4) is 0 Å². The van der Waals surface area contributed by atoms with Gasteiger partial charge in [0.25, 0.3) is 0 Å². The topological polar surface area (TPSA) is 17.1 Å². The van der Waals surface area contributed by atoms with E-state index in [1.54, 1.807) is 0 Å². The summed E-state index contributed by atoms with van der Waals surface area (Å²) in [5.74, 6) is 0. The number of hydrogen-bond acceptors (Lipinski definition) is 1. The summed E-state index contributed by atoms with van der Waals surface area (Å²) < 4.78 is 244. The fraction of sp³-hybridized carbons (Fsp3) is 0.938. The fourth-order valence-corrected chi connectivity index (χ4v) is 0.471. The highest BCUT2D eigenvalue weighted by Crippen LogP contribution is 2.13. The molecule has 0 amide bonds. The predicted molar refractivity (Wildman–Crippen MR) is 81.2 cm³/mol. The molecule has 0 aliphatic rings. The van der Waals surface area contributed by atoms with Crippen LogP contribution < -0.4 is 0 Å². The van der Waals surface area contributed by atoms with Crippen molar-refractivity contribution in [3.05, 3.63) is 0 Å². The van der Waals surface area contributed by atoms with Crippen LogP contribution >= 0.6 is 11.6 Å². The van der Waals surface area contributed by atoms with Crippen LogP contribution in [0, 0.1) is 0 Å². The van der Waals surface area contributed by atoms with Crippen LogP contribution in [-0.4, -0.2) is 5.24 Å². The van der Waals surface area contributed by atoms with Crippen molar-refractivity contribution < 1.29 is 47.3 Å². The third kappa shape index (κ3) is 16.0. The molecule has 0 unspecified atom stereocenters. The van der Waals surface area contributed by atoms with Crippen LogP contribution in [-0.2, 0) is 4.79 Å². The fourth-order valence-electron chi connectivity index (χ4n) is 0.424. The maximum atomic E-state index is 11.5. The zero-order valence-corrected chi connectivity index (χ0v) is 9.54. The third-order valence-electron chi connectivity index (χ3n) is 0.911. The zero-order valence-electron chi connectivity index (χ0n) is 39.8. The molecule has 18 heavy (non-hydrogen) atoms. The normalized spacial score (nSPS) is 48.2. The van der Waals surface area contributed by atoms with Crippen LogP contribution in [0.5, 0.6) is 0 Å². The molecular weight excluding hydrogens is 244 g/mol. The number of carbonyl (C=O) groups is 1. The van der Waals surface area contributed by atoms with Gasteiger partial charge in [0.05, 0.1) is 0 Å². The number of carbonyl (C=O) groups excluding carboxylic acids is 1. The largest absolute Gasteiger partial charge is 0.281 e. The summed E-state index contributed by atoms with van der Waals surface area (Å²) in [5, 5.41) is -2.30. The molecule has 108 valence electrons.